The van der Waals surface area contributed by atoms with Gasteiger partial charge in [-0.15, -0.1) is 0 Å². The summed E-state index contributed by atoms with van der Waals surface area (Å²) in [5, 5.41) is 15.0. The molecule has 2 aliphatic heterocycles. The molecule has 4 rings (SSSR count). The number of Topliss-reactive ketones (excluding diaryl/α,β-unsaturated/α-hetero) is 1. The van der Waals surface area contributed by atoms with Gasteiger partial charge in [-0.2, -0.15) is 0 Å². The van der Waals surface area contributed by atoms with Gasteiger partial charge in [0.1, 0.15) is 6.61 Å². The van der Waals surface area contributed by atoms with Crippen LogP contribution < -0.4 is 5.32 Å². The van der Waals surface area contributed by atoms with Crippen molar-refractivity contribution in [2.45, 2.75) is 58.5 Å². The van der Waals surface area contributed by atoms with Crippen molar-refractivity contribution in [3.8, 4) is 0 Å². The number of halogens is 1. The van der Waals surface area contributed by atoms with E-state index in [1.807, 2.05) is 13.8 Å². The first kappa shape index (κ1) is 23.4. The average Bonchev–Trinajstić information content (AvgIpc) is 3.24. The van der Waals surface area contributed by atoms with Crippen LogP contribution in [0.4, 0.5) is 5.69 Å². The molecule has 1 aromatic carbocycles. The number of nitro groups is 1. The first-order valence-electron chi connectivity index (χ1n) is 11.0. The van der Waals surface area contributed by atoms with Crippen molar-refractivity contribution in [1.29, 1.82) is 0 Å². The van der Waals surface area contributed by atoms with Gasteiger partial charge in [0, 0.05) is 53.1 Å². The maximum absolute atomic E-state index is 13.3. The number of allylic oxidation sites excluding steroid dienone is 3. The van der Waals surface area contributed by atoms with Crippen LogP contribution in [0, 0.1) is 15.5 Å². The number of hydrogen-bond donors (Lipinski definition) is 1. The molecule has 0 aromatic heterocycles. The topological polar surface area (TPSA) is 108 Å². The fourth-order valence-corrected chi connectivity index (χ4v) is 5.13. The Bertz CT molecular complexity index is 1080. The summed E-state index contributed by atoms with van der Waals surface area (Å²) < 4.78 is 11.1. The lowest BCUT2D eigenvalue weighted by Crippen LogP contribution is -2.39. The van der Waals surface area contributed by atoms with Gasteiger partial charge in [-0.3, -0.25) is 14.9 Å². The third-order valence-electron chi connectivity index (χ3n) is 6.39. The molecule has 1 saturated heterocycles. The van der Waals surface area contributed by atoms with Crippen molar-refractivity contribution < 1.29 is 24.0 Å². The average molecular weight is 475 g/mol. The zero-order chi connectivity index (χ0) is 23.9. The highest BCUT2D eigenvalue weighted by Gasteiger charge is 2.44. The molecule has 2 heterocycles. The van der Waals surface area contributed by atoms with E-state index in [1.165, 1.54) is 18.2 Å². The first-order chi connectivity index (χ1) is 15.6. The van der Waals surface area contributed by atoms with E-state index in [4.69, 9.17) is 21.1 Å². The minimum absolute atomic E-state index is 0.109. The molecule has 1 aromatic rings. The number of non-ortho nitro benzene ring substituents is 1. The molecule has 8 nitrogen and oxygen atoms in total. The normalized spacial score (nSPS) is 24.4. The van der Waals surface area contributed by atoms with E-state index in [9.17, 15) is 19.7 Å². The zero-order valence-electron chi connectivity index (χ0n) is 18.9. The van der Waals surface area contributed by atoms with Crippen molar-refractivity contribution in [3.63, 3.8) is 0 Å². The van der Waals surface area contributed by atoms with Gasteiger partial charge in [-0.1, -0.05) is 25.4 Å². The first-order valence-corrected chi connectivity index (χ1v) is 11.4. The Kier molecular flexibility index (Phi) is 6.33. The number of benzene rings is 1. The van der Waals surface area contributed by atoms with E-state index in [2.05, 4.69) is 5.32 Å². The van der Waals surface area contributed by atoms with Crippen molar-refractivity contribution >= 4 is 29.0 Å². The smallest absolute Gasteiger partial charge is 0.336 e. The summed E-state index contributed by atoms with van der Waals surface area (Å²) in [6, 6.07) is 4.08. The molecule has 0 amide bonds. The number of carbonyl (C=O) groups is 2. The standard InChI is InChI=1S/C24H27ClN2O6/c1-13-20(23(29)33-12-15-5-4-8-32-15)21(16-9-14(27(30)31)6-7-17(16)25)22-18(26-13)10-24(2,3)11-19(22)28/h6-7,9,15,21,26H,4-5,8,10-12H2,1-3H3/t15-,21+/m1/s1. The summed E-state index contributed by atoms with van der Waals surface area (Å²) in [5.74, 6) is -1.56. The zero-order valence-corrected chi connectivity index (χ0v) is 19.7. The number of esters is 1. The van der Waals surface area contributed by atoms with Crippen LogP contribution in [0.1, 0.15) is 57.9 Å². The summed E-state index contributed by atoms with van der Waals surface area (Å²) in [6.07, 6.45) is 2.48. The van der Waals surface area contributed by atoms with E-state index in [-0.39, 0.29) is 40.2 Å². The highest BCUT2D eigenvalue weighted by Crippen LogP contribution is 2.48. The minimum atomic E-state index is -0.853. The number of dihydropyridines is 1. The van der Waals surface area contributed by atoms with Crippen molar-refractivity contribution in [2.75, 3.05) is 13.2 Å². The van der Waals surface area contributed by atoms with E-state index in [0.29, 0.717) is 36.3 Å². The SMILES string of the molecule is CC1=C(C(=O)OC[C@H]2CCCO2)[C@H](c2cc([N+](=O)[O-])ccc2Cl)C2=C(CC(C)(C)CC2=O)N1. The number of nitrogens with zero attached hydrogens (tertiary/aromatic N) is 1. The molecule has 9 heteroatoms. The number of ether oxygens (including phenoxy) is 2. The number of nitrogens with one attached hydrogen (secondary N) is 1. The molecule has 0 unspecified atom stereocenters. The number of rotatable bonds is 5. The van der Waals surface area contributed by atoms with Crippen LogP contribution in [0.15, 0.2) is 40.7 Å². The van der Waals surface area contributed by atoms with Crippen molar-refractivity contribution in [1.82, 2.24) is 5.32 Å². The van der Waals surface area contributed by atoms with Crippen LogP contribution in [-0.4, -0.2) is 36.0 Å². The molecule has 0 bridgehead atoms. The summed E-state index contributed by atoms with van der Waals surface area (Å²) in [7, 11) is 0. The fraction of sp³-hybridized carbons (Fsp3) is 0.500. The van der Waals surface area contributed by atoms with Crippen molar-refractivity contribution in [3.05, 3.63) is 61.4 Å². The Morgan fingerprint density at radius 2 is 2.12 bits per heavy atom. The van der Waals surface area contributed by atoms with Gasteiger partial charge in [0.15, 0.2) is 5.78 Å². The van der Waals surface area contributed by atoms with E-state index >= 15 is 0 Å². The highest BCUT2D eigenvalue weighted by atomic mass is 35.5. The number of carbonyl (C=O) groups excluding carboxylic acids is 2. The van der Waals surface area contributed by atoms with Gasteiger partial charge in [0.05, 0.1) is 16.6 Å². The molecule has 1 fully saturated rings. The third-order valence-corrected chi connectivity index (χ3v) is 6.73. The molecule has 1 aliphatic carbocycles. The van der Waals surface area contributed by atoms with Crippen LogP contribution in [0.2, 0.25) is 5.02 Å². The number of hydrogen-bond acceptors (Lipinski definition) is 7. The Hall–Kier alpha value is -2.71. The monoisotopic (exact) mass is 474 g/mol. The molecule has 0 saturated carbocycles. The van der Waals surface area contributed by atoms with Gasteiger partial charge in [-0.05, 0) is 43.2 Å². The predicted octanol–water partition coefficient (Wildman–Crippen LogP) is 4.57. The molecule has 33 heavy (non-hydrogen) atoms. The summed E-state index contributed by atoms with van der Waals surface area (Å²) >= 11 is 6.50. The minimum Gasteiger partial charge on any atom is -0.459 e. The molecular formula is C24H27ClN2O6. The summed E-state index contributed by atoms with van der Waals surface area (Å²) in [5.41, 5.74) is 1.85. The lowest BCUT2D eigenvalue weighted by molar-refractivity contribution is -0.384. The second kappa shape index (κ2) is 8.91. The molecule has 1 N–H and O–H groups in total. The molecular weight excluding hydrogens is 448 g/mol. The predicted molar refractivity (Wildman–Crippen MR) is 122 cm³/mol. The van der Waals surface area contributed by atoms with Gasteiger partial charge >= 0.3 is 5.97 Å². The molecule has 2 atom stereocenters. The Morgan fingerprint density at radius 3 is 2.79 bits per heavy atom. The van der Waals surface area contributed by atoms with Crippen molar-refractivity contribution in [2.24, 2.45) is 5.41 Å². The maximum atomic E-state index is 13.3. The largest absolute Gasteiger partial charge is 0.459 e. The van der Waals surface area contributed by atoms with Crippen LogP contribution in [0.3, 0.4) is 0 Å². The summed E-state index contributed by atoms with van der Waals surface area (Å²) in [4.78, 5) is 37.6. The summed E-state index contributed by atoms with van der Waals surface area (Å²) in [6.45, 7) is 6.51. The maximum Gasteiger partial charge on any atom is 0.336 e. The van der Waals surface area contributed by atoms with Gasteiger partial charge < -0.3 is 14.8 Å². The number of nitro benzene ring substituents is 1. The van der Waals surface area contributed by atoms with Crippen LogP contribution in [0.25, 0.3) is 0 Å². The van der Waals surface area contributed by atoms with Gasteiger partial charge in [0.2, 0.25) is 0 Å². The lowest BCUT2D eigenvalue weighted by atomic mass is 9.68. The van der Waals surface area contributed by atoms with E-state index in [0.717, 1.165) is 18.5 Å². The van der Waals surface area contributed by atoms with E-state index < -0.39 is 16.8 Å². The van der Waals surface area contributed by atoms with Gasteiger partial charge in [0.25, 0.3) is 5.69 Å². The quantitative estimate of drug-likeness (QED) is 0.378. The molecule has 0 radical (unpaired) electrons. The Morgan fingerprint density at radius 1 is 1.36 bits per heavy atom. The Labute approximate surface area is 197 Å². The fourth-order valence-electron chi connectivity index (χ4n) is 4.91. The Balaban J connectivity index is 1.80. The van der Waals surface area contributed by atoms with Crippen LogP contribution >= 0.6 is 11.6 Å². The second-order valence-electron chi connectivity index (χ2n) is 9.63. The van der Waals surface area contributed by atoms with Crippen LogP contribution in [-0.2, 0) is 19.1 Å². The van der Waals surface area contributed by atoms with Crippen LogP contribution in [0.5, 0.6) is 0 Å². The van der Waals surface area contributed by atoms with Gasteiger partial charge in [-0.25, -0.2) is 4.79 Å². The number of ketones is 1. The molecule has 176 valence electrons. The van der Waals surface area contributed by atoms with E-state index in [1.54, 1.807) is 6.92 Å². The highest BCUT2D eigenvalue weighted by molar-refractivity contribution is 6.31. The molecule has 0 spiro atoms. The second-order valence-corrected chi connectivity index (χ2v) is 10.0. The third kappa shape index (κ3) is 4.68. The lowest BCUT2D eigenvalue weighted by Gasteiger charge is -2.39. The molecule has 3 aliphatic rings.